The minimum absolute atomic E-state index is 0.190. The zero-order chi connectivity index (χ0) is 14.2. The van der Waals surface area contributed by atoms with Gasteiger partial charge in [0.1, 0.15) is 0 Å². The van der Waals surface area contributed by atoms with E-state index < -0.39 is 0 Å². The molecule has 1 unspecified atom stereocenters. The van der Waals surface area contributed by atoms with Gasteiger partial charge in [0.05, 0.1) is 4.83 Å². The van der Waals surface area contributed by atoms with Crippen LogP contribution in [0.15, 0.2) is 34.8 Å². The summed E-state index contributed by atoms with van der Waals surface area (Å²) in [7, 11) is 0. The van der Waals surface area contributed by atoms with Gasteiger partial charge >= 0.3 is 0 Å². The molecule has 0 saturated carbocycles. The maximum Gasteiger partial charge on any atom is 0.0647 e. The predicted octanol–water partition coefficient (Wildman–Crippen LogP) is 6.51. The average Bonchev–Trinajstić information content (AvgIpc) is 2.36. The molecule has 0 bridgehead atoms. The van der Waals surface area contributed by atoms with Crippen LogP contribution in [-0.2, 0) is 0 Å². The molecule has 1 atom stereocenters. The fourth-order valence-corrected chi connectivity index (χ4v) is 3.43. The first-order valence-electron chi connectivity index (χ1n) is 6.07. The Balaban J connectivity index is 2.46. The van der Waals surface area contributed by atoms with Crippen molar-refractivity contribution in [2.75, 3.05) is 0 Å². The Morgan fingerprint density at radius 1 is 0.947 bits per heavy atom. The van der Waals surface area contributed by atoms with Gasteiger partial charge in [-0.3, -0.25) is 0 Å². The summed E-state index contributed by atoms with van der Waals surface area (Å²) in [5.41, 5.74) is 6.15. The van der Waals surface area contributed by atoms with Crippen LogP contribution < -0.4 is 0 Å². The standard InChI is InChI=1S/C16H15Br2Cl/c1-9-8-14(17)10(2)7-13(9)16(18)12-4-5-15(19)11(3)6-12/h4-8,16H,1-3H3. The summed E-state index contributed by atoms with van der Waals surface area (Å²) in [6.45, 7) is 6.28. The molecule has 100 valence electrons. The molecule has 0 amide bonds. The normalized spacial score (nSPS) is 12.5. The highest BCUT2D eigenvalue weighted by molar-refractivity contribution is 9.10. The monoisotopic (exact) mass is 400 g/mol. The second kappa shape index (κ2) is 5.99. The van der Waals surface area contributed by atoms with Crippen LogP contribution in [-0.4, -0.2) is 0 Å². The second-order valence-corrected chi connectivity index (χ2v) is 7.01. The first kappa shape index (κ1) is 15.1. The molecule has 3 heteroatoms. The van der Waals surface area contributed by atoms with Crippen molar-refractivity contribution in [1.82, 2.24) is 0 Å². The van der Waals surface area contributed by atoms with E-state index in [4.69, 9.17) is 11.6 Å². The molecule has 0 nitrogen and oxygen atoms in total. The molecule has 19 heavy (non-hydrogen) atoms. The smallest absolute Gasteiger partial charge is 0.0647 e. The molecule has 0 aromatic heterocycles. The highest BCUT2D eigenvalue weighted by atomic mass is 79.9. The van der Waals surface area contributed by atoms with Crippen LogP contribution >= 0.6 is 43.5 Å². The highest BCUT2D eigenvalue weighted by Gasteiger charge is 2.15. The number of benzene rings is 2. The summed E-state index contributed by atoms with van der Waals surface area (Å²) < 4.78 is 1.15. The van der Waals surface area contributed by atoms with E-state index in [0.717, 1.165) is 15.1 Å². The Kier molecular flexibility index (Phi) is 4.75. The van der Waals surface area contributed by atoms with E-state index in [0.29, 0.717) is 0 Å². The molecule has 0 aliphatic heterocycles. The second-order valence-electron chi connectivity index (χ2n) is 4.83. The topological polar surface area (TPSA) is 0 Å². The third kappa shape index (κ3) is 3.24. The van der Waals surface area contributed by atoms with Gasteiger partial charge in [0.2, 0.25) is 0 Å². The number of hydrogen-bond donors (Lipinski definition) is 0. The van der Waals surface area contributed by atoms with Crippen LogP contribution in [0.25, 0.3) is 0 Å². The van der Waals surface area contributed by atoms with Crippen LogP contribution in [0.3, 0.4) is 0 Å². The number of alkyl halides is 1. The third-order valence-corrected chi connectivity index (χ3v) is 5.60. The van der Waals surface area contributed by atoms with Crippen LogP contribution in [0.5, 0.6) is 0 Å². The maximum absolute atomic E-state index is 6.09. The molecule has 0 spiro atoms. The van der Waals surface area contributed by atoms with E-state index in [1.54, 1.807) is 0 Å². The lowest BCUT2D eigenvalue weighted by molar-refractivity contribution is 1.12. The van der Waals surface area contributed by atoms with Gasteiger partial charge in [-0.1, -0.05) is 61.7 Å². The molecule has 0 radical (unpaired) electrons. The van der Waals surface area contributed by atoms with E-state index in [1.807, 2.05) is 13.0 Å². The van der Waals surface area contributed by atoms with Crippen molar-refractivity contribution in [3.8, 4) is 0 Å². The van der Waals surface area contributed by atoms with Crippen LogP contribution in [0, 0.1) is 20.8 Å². The molecule has 2 rings (SSSR count). The minimum Gasteiger partial charge on any atom is -0.0841 e. The Morgan fingerprint density at radius 3 is 2.26 bits per heavy atom. The third-order valence-electron chi connectivity index (χ3n) is 3.30. The van der Waals surface area contributed by atoms with Gasteiger partial charge in [-0.2, -0.15) is 0 Å². The van der Waals surface area contributed by atoms with Gasteiger partial charge in [0, 0.05) is 9.50 Å². The number of rotatable bonds is 2. The van der Waals surface area contributed by atoms with Crippen molar-refractivity contribution in [3.05, 3.63) is 67.6 Å². The molecule has 0 aliphatic carbocycles. The van der Waals surface area contributed by atoms with E-state index in [9.17, 15) is 0 Å². The number of aryl methyl sites for hydroxylation is 3. The molecule has 0 saturated heterocycles. The Labute approximate surface area is 136 Å². The van der Waals surface area contributed by atoms with Gasteiger partial charge in [-0.15, -0.1) is 0 Å². The maximum atomic E-state index is 6.09. The molecule has 0 fully saturated rings. The van der Waals surface area contributed by atoms with Gasteiger partial charge in [0.15, 0.2) is 0 Å². The minimum atomic E-state index is 0.190. The largest absolute Gasteiger partial charge is 0.0841 e. The van der Waals surface area contributed by atoms with Crippen molar-refractivity contribution >= 4 is 43.5 Å². The number of halogens is 3. The first-order valence-corrected chi connectivity index (χ1v) is 8.15. The van der Waals surface area contributed by atoms with Gasteiger partial charge in [-0.05, 0) is 60.7 Å². The molecular formula is C16H15Br2Cl. The van der Waals surface area contributed by atoms with Gasteiger partial charge < -0.3 is 0 Å². The number of hydrogen-bond acceptors (Lipinski definition) is 0. The predicted molar refractivity (Wildman–Crippen MR) is 90.6 cm³/mol. The zero-order valence-corrected chi connectivity index (χ0v) is 15.0. The lowest BCUT2D eigenvalue weighted by Gasteiger charge is -2.16. The summed E-state index contributed by atoms with van der Waals surface area (Å²) in [5, 5.41) is 0.812. The molecule has 2 aromatic rings. The Hall–Kier alpha value is -0.310. The quantitative estimate of drug-likeness (QED) is 0.502. The highest BCUT2D eigenvalue weighted by Crippen LogP contribution is 2.36. The lowest BCUT2D eigenvalue weighted by Crippen LogP contribution is -1.98. The van der Waals surface area contributed by atoms with E-state index in [2.05, 4.69) is 70.0 Å². The zero-order valence-electron chi connectivity index (χ0n) is 11.1. The van der Waals surface area contributed by atoms with Crippen LogP contribution in [0.4, 0.5) is 0 Å². The van der Waals surface area contributed by atoms with Crippen molar-refractivity contribution in [2.45, 2.75) is 25.6 Å². The van der Waals surface area contributed by atoms with Crippen molar-refractivity contribution in [2.24, 2.45) is 0 Å². The average molecular weight is 403 g/mol. The fourth-order valence-electron chi connectivity index (χ4n) is 2.08. The van der Waals surface area contributed by atoms with Gasteiger partial charge in [0.25, 0.3) is 0 Å². The van der Waals surface area contributed by atoms with E-state index >= 15 is 0 Å². The molecule has 0 heterocycles. The van der Waals surface area contributed by atoms with Crippen LogP contribution in [0.1, 0.15) is 32.6 Å². The molecule has 0 N–H and O–H groups in total. The fraction of sp³-hybridized carbons (Fsp3) is 0.250. The summed E-state index contributed by atoms with van der Waals surface area (Å²) in [5.74, 6) is 0. The SMILES string of the molecule is Cc1cc(C(Br)c2cc(C)c(Br)cc2C)ccc1Cl. The summed E-state index contributed by atoms with van der Waals surface area (Å²) in [6, 6.07) is 10.6. The van der Waals surface area contributed by atoms with E-state index in [1.165, 1.54) is 22.3 Å². The molecular weight excluding hydrogens is 387 g/mol. The molecule has 0 aliphatic rings. The van der Waals surface area contributed by atoms with Gasteiger partial charge in [-0.25, -0.2) is 0 Å². The summed E-state index contributed by atoms with van der Waals surface area (Å²) in [6.07, 6.45) is 0. The van der Waals surface area contributed by atoms with Crippen LogP contribution in [0.2, 0.25) is 5.02 Å². The van der Waals surface area contributed by atoms with E-state index in [-0.39, 0.29) is 4.83 Å². The van der Waals surface area contributed by atoms with Crippen molar-refractivity contribution in [1.29, 1.82) is 0 Å². The first-order chi connectivity index (χ1) is 8.90. The van der Waals surface area contributed by atoms with Crippen molar-refractivity contribution < 1.29 is 0 Å². The summed E-state index contributed by atoms with van der Waals surface area (Å²) >= 11 is 13.5. The summed E-state index contributed by atoms with van der Waals surface area (Å²) in [4.78, 5) is 0.190. The molecule has 2 aromatic carbocycles. The lowest BCUT2D eigenvalue weighted by atomic mass is 9.97. The Bertz CT molecular complexity index is 620. The van der Waals surface area contributed by atoms with Crippen molar-refractivity contribution in [3.63, 3.8) is 0 Å². The Morgan fingerprint density at radius 2 is 1.63 bits per heavy atom.